The van der Waals surface area contributed by atoms with E-state index in [0.717, 1.165) is 10.0 Å². The fourth-order valence-electron chi connectivity index (χ4n) is 2.52. The third-order valence-electron chi connectivity index (χ3n) is 3.88. The maximum absolute atomic E-state index is 12.6. The summed E-state index contributed by atoms with van der Waals surface area (Å²) in [5.74, 6) is -0.139. The van der Waals surface area contributed by atoms with Gasteiger partial charge in [0.2, 0.25) is 0 Å². The van der Waals surface area contributed by atoms with Crippen LogP contribution in [0.15, 0.2) is 58.7 Å². The van der Waals surface area contributed by atoms with Crippen molar-refractivity contribution in [3.63, 3.8) is 0 Å². The van der Waals surface area contributed by atoms with Crippen LogP contribution in [-0.4, -0.2) is 23.2 Å². The number of nitrogens with zero attached hydrogens (tertiary/aromatic N) is 2. The Labute approximate surface area is 174 Å². The first-order valence-corrected chi connectivity index (χ1v) is 9.25. The lowest BCUT2D eigenvalue weighted by molar-refractivity contribution is -0.112. The molecule has 1 amide bonds. The van der Waals surface area contributed by atoms with Gasteiger partial charge in [0.25, 0.3) is 5.91 Å². The van der Waals surface area contributed by atoms with Crippen LogP contribution >= 0.6 is 27.5 Å². The predicted molar refractivity (Wildman–Crippen MR) is 112 cm³/mol. The summed E-state index contributed by atoms with van der Waals surface area (Å²) in [6.45, 7) is 0. The van der Waals surface area contributed by atoms with Crippen molar-refractivity contribution in [2.75, 3.05) is 12.4 Å². The highest BCUT2D eigenvalue weighted by Gasteiger charge is 2.15. The molecule has 0 unspecified atom stereocenters. The summed E-state index contributed by atoms with van der Waals surface area (Å²) in [6.07, 6.45) is 3.04. The molecule has 8 heteroatoms. The average molecular weight is 458 g/mol. The molecule has 0 aliphatic heterocycles. The van der Waals surface area contributed by atoms with Gasteiger partial charge in [-0.05, 0) is 36.4 Å². The van der Waals surface area contributed by atoms with E-state index < -0.39 is 5.91 Å². The van der Waals surface area contributed by atoms with Gasteiger partial charge in [-0.2, -0.15) is 10.4 Å². The topological polar surface area (TPSA) is 90.8 Å². The number of ether oxygens (including phenoxy) is 1. The first-order valence-electron chi connectivity index (χ1n) is 8.08. The van der Waals surface area contributed by atoms with Crippen LogP contribution in [0.2, 0.25) is 5.02 Å². The quantitative estimate of drug-likeness (QED) is 0.414. The molecule has 6 nitrogen and oxygen atoms in total. The molecule has 0 radical (unpaired) electrons. The van der Waals surface area contributed by atoms with E-state index in [2.05, 4.69) is 31.4 Å². The zero-order valence-corrected chi connectivity index (χ0v) is 17.0. The number of nitriles is 1. The molecule has 140 valence electrons. The van der Waals surface area contributed by atoms with Gasteiger partial charge in [-0.3, -0.25) is 9.89 Å². The Balaban J connectivity index is 1.90. The van der Waals surface area contributed by atoms with Crippen LogP contribution in [0.1, 0.15) is 5.56 Å². The molecule has 1 aromatic heterocycles. The zero-order chi connectivity index (χ0) is 20.1. The van der Waals surface area contributed by atoms with Crippen molar-refractivity contribution in [3.8, 4) is 23.1 Å². The lowest BCUT2D eigenvalue weighted by atomic mass is 10.1. The second-order valence-corrected chi connectivity index (χ2v) is 7.03. The number of methoxy groups -OCH3 is 1. The second-order valence-electron chi connectivity index (χ2n) is 5.68. The molecular weight excluding hydrogens is 444 g/mol. The molecule has 0 atom stereocenters. The molecule has 3 aromatic rings. The summed E-state index contributed by atoms with van der Waals surface area (Å²) in [7, 11) is 1.48. The lowest BCUT2D eigenvalue weighted by Crippen LogP contribution is -2.14. The Morgan fingerprint density at radius 1 is 1.32 bits per heavy atom. The predicted octanol–water partition coefficient (Wildman–Crippen LogP) is 5.05. The van der Waals surface area contributed by atoms with E-state index in [-0.39, 0.29) is 5.57 Å². The summed E-state index contributed by atoms with van der Waals surface area (Å²) in [5, 5.41) is 19.5. The molecule has 0 aliphatic carbocycles. The summed E-state index contributed by atoms with van der Waals surface area (Å²) < 4.78 is 6.16. The number of amides is 1. The van der Waals surface area contributed by atoms with Gasteiger partial charge in [-0.15, -0.1) is 0 Å². The molecule has 0 fully saturated rings. The van der Waals surface area contributed by atoms with Crippen LogP contribution in [0, 0.1) is 11.3 Å². The number of carbonyl (C=O) groups is 1. The number of hydrogen-bond acceptors (Lipinski definition) is 4. The number of nitrogens with one attached hydrogen (secondary N) is 2. The van der Waals surface area contributed by atoms with Gasteiger partial charge in [-0.1, -0.05) is 39.7 Å². The number of carbonyl (C=O) groups excluding carboxylic acids is 1. The maximum Gasteiger partial charge on any atom is 0.266 e. The fourth-order valence-corrected chi connectivity index (χ4v) is 2.96. The Morgan fingerprint density at radius 2 is 2.07 bits per heavy atom. The largest absolute Gasteiger partial charge is 0.495 e. The van der Waals surface area contributed by atoms with E-state index in [1.165, 1.54) is 13.2 Å². The number of aromatic amines is 1. The van der Waals surface area contributed by atoms with Crippen LogP contribution in [0.5, 0.6) is 5.75 Å². The first kappa shape index (κ1) is 19.7. The van der Waals surface area contributed by atoms with Gasteiger partial charge >= 0.3 is 0 Å². The van der Waals surface area contributed by atoms with E-state index in [1.807, 2.05) is 30.3 Å². The minimum absolute atomic E-state index is 0.0817. The van der Waals surface area contributed by atoms with Crippen molar-refractivity contribution < 1.29 is 9.53 Å². The van der Waals surface area contributed by atoms with Gasteiger partial charge in [0.05, 0.1) is 24.7 Å². The molecule has 0 saturated carbocycles. The number of aromatic nitrogens is 2. The molecule has 0 saturated heterocycles. The lowest BCUT2D eigenvalue weighted by Gasteiger charge is -2.10. The molecule has 3 rings (SSSR count). The van der Waals surface area contributed by atoms with Crippen LogP contribution in [0.25, 0.3) is 17.3 Å². The van der Waals surface area contributed by atoms with Crippen LogP contribution in [0.3, 0.4) is 0 Å². The van der Waals surface area contributed by atoms with Crippen molar-refractivity contribution in [3.05, 3.63) is 69.3 Å². The highest BCUT2D eigenvalue weighted by atomic mass is 79.9. The van der Waals surface area contributed by atoms with Crippen molar-refractivity contribution in [2.24, 2.45) is 0 Å². The van der Waals surface area contributed by atoms with E-state index in [1.54, 1.807) is 24.4 Å². The fraction of sp³-hybridized carbons (Fsp3) is 0.0500. The van der Waals surface area contributed by atoms with Gasteiger partial charge in [0.1, 0.15) is 17.4 Å². The van der Waals surface area contributed by atoms with Gasteiger partial charge in [-0.25, -0.2) is 0 Å². The van der Waals surface area contributed by atoms with Gasteiger partial charge in [0, 0.05) is 20.6 Å². The third kappa shape index (κ3) is 4.42. The molecule has 28 heavy (non-hydrogen) atoms. The number of halogens is 2. The standard InChI is InChI=1S/C20H14BrClN4O2/c1-28-18-7-6-16(22)9-17(18)25-20(27)13(10-23)8-14-11-24-26-19(14)12-2-4-15(21)5-3-12/h2-9,11H,1H3,(H,24,26)(H,25,27)/b13-8-. The molecule has 0 spiro atoms. The Bertz CT molecular complexity index is 1080. The van der Waals surface area contributed by atoms with Gasteiger partial charge in [0.15, 0.2) is 0 Å². The van der Waals surface area contributed by atoms with Crippen LogP contribution in [0.4, 0.5) is 5.69 Å². The third-order valence-corrected chi connectivity index (χ3v) is 4.64. The van der Waals surface area contributed by atoms with Crippen molar-refractivity contribution >= 4 is 45.2 Å². The smallest absolute Gasteiger partial charge is 0.266 e. The summed E-state index contributed by atoms with van der Waals surface area (Å²) >= 11 is 9.38. The van der Waals surface area contributed by atoms with Crippen molar-refractivity contribution in [2.45, 2.75) is 0 Å². The van der Waals surface area contributed by atoms with E-state index in [4.69, 9.17) is 16.3 Å². The van der Waals surface area contributed by atoms with E-state index in [0.29, 0.717) is 27.7 Å². The summed E-state index contributed by atoms with van der Waals surface area (Å²) in [5.41, 5.74) is 2.49. The minimum atomic E-state index is -0.578. The molecule has 1 heterocycles. The van der Waals surface area contributed by atoms with E-state index in [9.17, 15) is 10.1 Å². The second kappa shape index (κ2) is 8.74. The highest BCUT2D eigenvalue weighted by molar-refractivity contribution is 9.10. The van der Waals surface area contributed by atoms with Crippen LogP contribution < -0.4 is 10.1 Å². The molecule has 0 aliphatic rings. The number of anilines is 1. The summed E-state index contributed by atoms with van der Waals surface area (Å²) in [6, 6.07) is 14.4. The van der Waals surface area contributed by atoms with E-state index >= 15 is 0 Å². The number of benzene rings is 2. The van der Waals surface area contributed by atoms with Crippen LogP contribution in [-0.2, 0) is 4.79 Å². The highest BCUT2D eigenvalue weighted by Crippen LogP contribution is 2.29. The monoisotopic (exact) mass is 456 g/mol. The number of rotatable bonds is 5. The zero-order valence-electron chi connectivity index (χ0n) is 14.7. The normalized spacial score (nSPS) is 11.0. The molecule has 2 N–H and O–H groups in total. The van der Waals surface area contributed by atoms with Crippen molar-refractivity contribution in [1.82, 2.24) is 10.2 Å². The maximum atomic E-state index is 12.6. The SMILES string of the molecule is COc1ccc(Cl)cc1NC(=O)/C(C#N)=C\c1cn[nH]c1-c1ccc(Br)cc1. The van der Waals surface area contributed by atoms with Crippen molar-refractivity contribution in [1.29, 1.82) is 5.26 Å². The summed E-state index contributed by atoms with van der Waals surface area (Å²) in [4.78, 5) is 12.6. The Morgan fingerprint density at radius 3 is 2.75 bits per heavy atom. The first-order chi connectivity index (χ1) is 13.5. The molecule has 2 aromatic carbocycles. The van der Waals surface area contributed by atoms with Gasteiger partial charge < -0.3 is 10.1 Å². The minimum Gasteiger partial charge on any atom is -0.495 e. The Hall–Kier alpha value is -3.08. The Kier molecular flexibility index (Phi) is 6.14. The number of hydrogen-bond donors (Lipinski definition) is 2. The molecular formula is C20H14BrClN4O2. The molecule has 0 bridgehead atoms. The average Bonchev–Trinajstić information content (AvgIpc) is 3.15. The number of H-pyrrole nitrogens is 1.